The summed E-state index contributed by atoms with van der Waals surface area (Å²) in [5.41, 5.74) is -0.481. The fraction of sp³-hybridized carbons (Fsp3) is 0.786. The second-order valence-corrected chi connectivity index (χ2v) is 6.16. The molecule has 5 heteroatoms. The molecule has 0 aliphatic carbocycles. The third kappa shape index (κ3) is 3.62. The lowest BCUT2D eigenvalue weighted by Crippen LogP contribution is -2.36. The fourth-order valence-electron chi connectivity index (χ4n) is 2.41. The van der Waals surface area contributed by atoms with Gasteiger partial charge in [-0.15, -0.1) is 0 Å². The number of aliphatic hydroxyl groups is 1. The zero-order valence-electron chi connectivity index (χ0n) is 11.9. The molecule has 19 heavy (non-hydrogen) atoms. The van der Waals surface area contributed by atoms with Gasteiger partial charge in [-0.1, -0.05) is 0 Å². The Kier molecular flexibility index (Phi) is 4.04. The molecule has 1 amide bonds. The molecule has 2 heterocycles. The highest BCUT2D eigenvalue weighted by atomic mass is 16.6. The highest BCUT2D eigenvalue weighted by molar-refractivity contribution is 5.68. The van der Waals surface area contributed by atoms with E-state index in [9.17, 15) is 9.90 Å². The van der Waals surface area contributed by atoms with Crippen LogP contribution in [0.25, 0.3) is 0 Å². The largest absolute Gasteiger partial charge is 0.495 e. The number of rotatable bonds is 2. The lowest BCUT2D eigenvalue weighted by atomic mass is 10.00. The van der Waals surface area contributed by atoms with Gasteiger partial charge in [-0.25, -0.2) is 4.79 Å². The lowest BCUT2D eigenvalue weighted by Gasteiger charge is -2.25. The predicted octanol–water partition coefficient (Wildman–Crippen LogP) is 1.91. The monoisotopic (exact) mass is 269 g/mol. The first-order valence-electron chi connectivity index (χ1n) is 6.85. The maximum atomic E-state index is 11.9. The van der Waals surface area contributed by atoms with Gasteiger partial charge < -0.3 is 19.5 Å². The molecule has 2 rings (SSSR count). The van der Waals surface area contributed by atoms with Crippen LogP contribution in [0.3, 0.4) is 0 Å². The zero-order chi connectivity index (χ0) is 14.0. The standard InChI is InChI=1S/C14H23NO4/c1-14(2,3)19-13(17)15-7-6-10(9-15)12(16)11-5-4-8-18-11/h5,10,12,16H,4,6-9H2,1-3H3. The van der Waals surface area contributed by atoms with Crippen molar-refractivity contribution in [3.8, 4) is 0 Å². The summed E-state index contributed by atoms with van der Waals surface area (Å²) in [5, 5.41) is 10.2. The lowest BCUT2D eigenvalue weighted by molar-refractivity contribution is 0.0260. The van der Waals surface area contributed by atoms with Gasteiger partial charge in [0.15, 0.2) is 0 Å². The van der Waals surface area contributed by atoms with Crippen LogP contribution in [0.5, 0.6) is 0 Å². The van der Waals surface area contributed by atoms with E-state index in [4.69, 9.17) is 9.47 Å². The number of likely N-dealkylation sites (tertiary alicyclic amines) is 1. The Labute approximate surface area is 114 Å². The van der Waals surface area contributed by atoms with Crippen LogP contribution in [0.1, 0.15) is 33.6 Å². The van der Waals surface area contributed by atoms with Crippen LogP contribution in [0.15, 0.2) is 11.8 Å². The Bertz CT molecular complexity index is 372. The van der Waals surface area contributed by atoms with Crippen LogP contribution in [0, 0.1) is 5.92 Å². The quantitative estimate of drug-likeness (QED) is 0.832. The van der Waals surface area contributed by atoms with Crippen molar-refractivity contribution in [3.63, 3.8) is 0 Å². The number of aliphatic hydroxyl groups excluding tert-OH is 1. The molecule has 0 aromatic carbocycles. The van der Waals surface area contributed by atoms with Crippen LogP contribution < -0.4 is 0 Å². The molecule has 0 bridgehead atoms. The molecule has 0 spiro atoms. The minimum Gasteiger partial charge on any atom is -0.495 e. The maximum Gasteiger partial charge on any atom is 0.410 e. The number of ether oxygens (including phenoxy) is 2. The third-order valence-corrected chi connectivity index (χ3v) is 3.35. The summed E-state index contributed by atoms with van der Waals surface area (Å²) >= 11 is 0. The number of amides is 1. The van der Waals surface area contributed by atoms with Crippen LogP contribution >= 0.6 is 0 Å². The molecule has 5 nitrogen and oxygen atoms in total. The molecular weight excluding hydrogens is 246 g/mol. The first-order chi connectivity index (χ1) is 8.87. The molecule has 2 atom stereocenters. The minimum atomic E-state index is -0.602. The van der Waals surface area contributed by atoms with Crippen LogP contribution in [0.4, 0.5) is 4.79 Å². The van der Waals surface area contributed by atoms with Crippen LogP contribution in [-0.4, -0.2) is 47.5 Å². The summed E-state index contributed by atoms with van der Waals surface area (Å²) in [6.07, 6.45) is 2.66. The fourth-order valence-corrected chi connectivity index (χ4v) is 2.41. The van der Waals surface area contributed by atoms with E-state index in [1.165, 1.54) is 0 Å². The highest BCUT2D eigenvalue weighted by Gasteiger charge is 2.35. The number of carbonyl (C=O) groups is 1. The first-order valence-corrected chi connectivity index (χ1v) is 6.85. The summed E-state index contributed by atoms with van der Waals surface area (Å²) in [7, 11) is 0. The molecule has 0 aromatic rings. The van der Waals surface area contributed by atoms with Gasteiger partial charge in [0.1, 0.15) is 17.5 Å². The summed E-state index contributed by atoms with van der Waals surface area (Å²) in [4.78, 5) is 13.6. The second-order valence-electron chi connectivity index (χ2n) is 6.16. The van der Waals surface area contributed by atoms with Crippen molar-refractivity contribution in [2.45, 2.75) is 45.3 Å². The predicted molar refractivity (Wildman–Crippen MR) is 70.6 cm³/mol. The topological polar surface area (TPSA) is 59.0 Å². The number of hydrogen-bond acceptors (Lipinski definition) is 4. The smallest absolute Gasteiger partial charge is 0.410 e. The summed E-state index contributed by atoms with van der Waals surface area (Å²) in [6.45, 7) is 7.36. The van der Waals surface area contributed by atoms with Crippen molar-refractivity contribution in [1.29, 1.82) is 0 Å². The molecule has 2 aliphatic rings. The Morgan fingerprint density at radius 1 is 1.58 bits per heavy atom. The van der Waals surface area contributed by atoms with E-state index in [1.54, 1.807) is 4.90 Å². The van der Waals surface area contributed by atoms with Gasteiger partial charge in [0.25, 0.3) is 0 Å². The summed E-state index contributed by atoms with van der Waals surface area (Å²) < 4.78 is 10.7. The van der Waals surface area contributed by atoms with E-state index in [-0.39, 0.29) is 12.0 Å². The first kappa shape index (κ1) is 14.2. The van der Waals surface area contributed by atoms with E-state index < -0.39 is 11.7 Å². The summed E-state index contributed by atoms with van der Waals surface area (Å²) in [5.74, 6) is 0.702. The van der Waals surface area contributed by atoms with E-state index in [2.05, 4.69) is 0 Å². The van der Waals surface area contributed by atoms with Gasteiger partial charge in [0, 0.05) is 25.4 Å². The van der Waals surface area contributed by atoms with Gasteiger partial charge in [-0.2, -0.15) is 0 Å². The molecule has 2 aliphatic heterocycles. The zero-order valence-corrected chi connectivity index (χ0v) is 11.9. The van der Waals surface area contributed by atoms with E-state index >= 15 is 0 Å². The van der Waals surface area contributed by atoms with Crippen molar-refractivity contribution in [2.75, 3.05) is 19.7 Å². The van der Waals surface area contributed by atoms with Crippen molar-refractivity contribution >= 4 is 6.09 Å². The van der Waals surface area contributed by atoms with Gasteiger partial charge in [0.2, 0.25) is 0 Å². The SMILES string of the molecule is CC(C)(C)OC(=O)N1CCC(C(O)C2=CCCO2)C1. The molecule has 0 aromatic heterocycles. The van der Waals surface area contributed by atoms with Gasteiger partial charge in [-0.05, 0) is 33.3 Å². The van der Waals surface area contributed by atoms with Crippen LogP contribution in [0.2, 0.25) is 0 Å². The average Bonchev–Trinajstić information content (AvgIpc) is 2.98. The molecule has 2 unspecified atom stereocenters. The number of nitrogens with zero attached hydrogens (tertiary/aromatic N) is 1. The van der Waals surface area contributed by atoms with Crippen molar-refractivity contribution in [2.24, 2.45) is 5.92 Å². The van der Waals surface area contributed by atoms with Gasteiger partial charge in [0.05, 0.1) is 6.61 Å². The normalized spacial score (nSPS) is 24.9. The third-order valence-electron chi connectivity index (χ3n) is 3.35. The Balaban J connectivity index is 1.87. The summed E-state index contributed by atoms with van der Waals surface area (Å²) in [6, 6.07) is 0. The van der Waals surface area contributed by atoms with Gasteiger partial charge in [-0.3, -0.25) is 0 Å². The Morgan fingerprint density at radius 2 is 2.32 bits per heavy atom. The number of carbonyl (C=O) groups excluding carboxylic acids is 1. The maximum absolute atomic E-state index is 11.9. The Hall–Kier alpha value is -1.23. The van der Waals surface area contributed by atoms with E-state index in [0.29, 0.717) is 25.5 Å². The molecule has 1 fully saturated rings. The highest BCUT2D eigenvalue weighted by Crippen LogP contribution is 2.27. The molecule has 0 saturated carbocycles. The van der Waals surface area contributed by atoms with Crippen molar-refractivity contribution in [1.82, 2.24) is 4.90 Å². The molecule has 1 saturated heterocycles. The Morgan fingerprint density at radius 3 is 2.89 bits per heavy atom. The molecular formula is C14H23NO4. The van der Waals surface area contributed by atoms with Crippen molar-refractivity contribution < 1.29 is 19.4 Å². The van der Waals surface area contributed by atoms with E-state index in [0.717, 1.165) is 12.8 Å². The molecule has 108 valence electrons. The molecule has 1 N–H and O–H groups in total. The minimum absolute atomic E-state index is 0.0388. The second kappa shape index (κ2) is 5.41. The molecule has 0 radical (unpaired) electrons. The van der Waals surface area contributed by atoms with Gasteiger partial charge >= 0.3 is 6.09 Å². The van der Waals surface area contributed by atoms with Crippen LogP contribution in [-0.2, 0) is 9.47 Å². The van der Waals surface area contributed by atoms with Crippen molar-refractivity contribution in [3.05, 3.63) is 11.8 Å². The average molecular weight is 269 g/mol. The number of hydrogen-bond donors (Lipinski definition) is 1. The van der Waals surface area contributed by atoms with E-state index in [1.807, 2.05) is 26.8 Å².